The highest BCUT2D eigenvalue weighted by Crippen LogP contribution is 2.40. The fraction of sp³-hybridized carbons (Fsp3) is 0.227. The smallest absolute Gasteiger partial charge is 0.140 e. The molecule has 0 saturated heterocycles. The van der Waals surface area contributed by atoms with Crippen molar-refractivity contribution in [3.8, 4) is 0 Å². The van der Waals surface area contributed by atoms with E-state index in [0.29, 0.717) is 5.78 Å². The molecule has 0 amide bonds. The molecule has 1 unspecified atom stereocenters. The number of rotatable bonds is 1. The third kappa shape index (κ3) is 1.83. The molecule has 0 radical (unpaired) electrons. The van der Waals surface area contributed by atoms with Gasteiger partial charge in [-0.2, -0.15) is 0 Å². The van der Waals surface area contributed by atoms with E-state index in [-0.39, 0.29) is 5.92 Å². The van der Waals surface area contributed by atoms with Gasteiger partial charge in [-0.15, -0.1) is 0 Å². The van der Waals surface area contributed by atoms with Crippen molar-refractivity contribution in [3.05, 3.63) is 60.2 Å². The molecular formula is C22H18O. The van der Waals surface area contributed by atoms with E-state index < -0.39 is 0 Å². The zero-order valence-corrected chi connectivity index (χ0v) is 13.0. The summed E-state index contributed by atoms with van der Waals surface area (Å²) in [5, 5.41) is 7.79. The Morgan fingerprint density at radius 3 is 2.22 bits per heavy atom. The van der Waals surface area contributed by atoms with Gasteiger partial charge in [0.2, 0.25) is 0 Å². The van der Waals surface area contributed by atoms with Crippen LogP contribution in [-0.4, -0.2) is 5.78 Å². The van der Waals surface area contributed by atoms with Crippen molar-refractivity contribution in [1.82, 2.24) is 0 Å². The SMILES string of the molecule is O=C1CCCCC1c1ccc2ccc3cccc4ccc1c2c34. The average molecular weight is 298 g/mol. The molecule has 23 heavy (non-hydrogen) atoms. The van der Waals surface area contributed by atoms with Crippen molar-refractivity contribution in [1.29, 1.82) is 0 Å². The number of carbonyl (C=O) groups excluding carboxylic acids is 1. The van der Waals surface area contributed by atoms with Gasteiger partial charge in [0.25, 0.3) is 0 Å². The Kier molecular flexibility index (Phi) is 2.72. The predicted molar refractivity (Wildman–Crippen MR) is 96.4 cm³/mol. The number of ketones is 1. The molecule has 112 valence electrons. The molecule has 1 nitrogen and oxygen atoms in total. The lowest BCUT2D eigenvalue weighted by atomic mass is 9.80. The van der Waals surface area contributed by atoms with Crippen LogP contribution in [0.3, 0.4) is 0 Å². The van der Waals surface area contributed by atoms with E-state index in [1.807, 2.05) is 0 Å². The van der Waals surface area contributed by atoms with Crippen LogP contribution < -0.4 is 0 Å². The predicted octanol–water partition coefficient (Wildman–Crippen LogP) is 5.81. The average Bonchev–Trinajstić information content (AvgIpc) is 2.60. The van der Waals surface area contributed by atoms with Crippen molar-refractivity contribution < 1.29 is 4.79 Å². The zero-order valence-electron chi connectivity index (χ0n) is 13.0. The summed E-state index contributed by atoms with van der Waals surface area (Å²) >= 11 is 0. The lowest BCUT2D eigenvalue weighted by molar-refractivity contribution is -0.121. The van der Waals surface area contributed by atoms with Crippen LogP contribution >= 0.6 is 0 Å². The van der Waals surface area contributed by atoms with Gasteiger partial charge < -0.3 is 0 Å². The van der Waals surface area contributed by atoms with E-state index in [4.69, 9.17) is 0 Å². The first-order valence-electron chi connectivity index (χ1n) is 8.52. The maximum atomic E-state index is 12.5. The molecule has 0 heterocycles. The van der Waals surface area contributed by atoms with E-state index in [1.54, 1.807) is 0 Å². The summed E-state index contributed by atoms with van der Waals surface area (Å²) in [5.74, 6) is 0.514. The third-order valence-electron chi connectivity index (χ3n) is 5.49. The second-order valence-electron chi connectivity index (χ2n) is 6.78. The van der Waals surface area contributed by atoms with Gasteiger partial charge in [-0.05, 0) is 50.7 Å². The zero-order chi connectivity index (χ0) is 15.4. The second kappa shape index (κ2) is 4.79. The molecule has 1 saturated carbocycles. The van der Waals surface area contributed by atoms with Crippen molar-refractivity contribution >= 4 is 38.1 Å². The summed E-state index contributed by atoms with van der Waals surface area (Å²) in [6.07, 6.45) is 3.97. The number of benzene rings is 4. The molecule has 0 N–H and O–H groups in total. The Balaban J connectivity index is 1.89. The molecule has 4 aromatic rings. The molecule has 1 atom stereocenters. The van der Waals surface area contributed by atoms with Gasteiger partial charge in [0, 0.05) is 12.3 Å². The number of hydrogen-bond acceptors (Lipinski definition) is 1. The highest BCUT2D eigenvalue weighted by atomic mass is 16.1. The number of hydrogen-bond donors (Lipinski definition) is 0. The van der Waals surface area contributed by atoms with E-state index in [2.05, 4.69) is 54.6 Å². The van der Waals surface area contributed by atoms with Gasteiger partial charge in [-0.1, -0.05) is 61.0 Å². The summed E-state index contributed by atoms with van der Waals surface area (Å²) in [5.41, 5.74) is 1.24. The summed E-state index contributed by atoms with van der Waals surface area (Å²) in [6, 6.07) is 19.7. The minimum atomic E-state index is 0.0910. The Bertz CT molecular complexity index is 1030. The van der Waals surface area contributed by atoms with Crippen molar-refractivity contribution in [2.24, 2.45) is 0 Å². The van der Waals surface area contributed by atoms with E-state index in [9.17, 15) is 4.79 Å². The van der Waals surface area contributed by atoms with Gasteiger partial charge in [0.15, 0.2) is 0 Å². The van der Waals surface area contributed by atoms with Crippen LogP contribution in [0.25, 0.3) is 32.3 Å². The lowest BCUT2D eigenvalue weighted by Crippen LogP contribution is -2.17. The topological polar surface area (TPSA) is 17.1 Å². The third-order valence-corrected chi connectivity index (χ3v) is 5.49. The Morgan fingerprint density at radius 1 is 0.739 bits per heavy atom. The summed E-state index contributed by atoms with van der Waals surface area (Å²) in [6.45, 7) is 0. The molecule has 1 heteroatoms. The van der Waals surface area contributed by atoms with Crippen LogP contribution in [0, 0.1) is 0 Å². The molecule has 1 fully saturated rings. The van der Waals surface area contributed by atoms with Crippen molar-refractivity contribution in [2.45, 2.75) is 31.6 Å². The molecule has 0 spiro atoms. The molecule has 0 aromatic heterocycles. The van der Waals surface area contributed by atoms with Crippen LogP contribution in [0.15, 0.2) is 54.6 Å². The molecule has 1 aliphatic rings. The Morgan fingerprint density at radius 2 is 1.43 bits per heavy atom. The molecule has 5 rings (SSSR count). The second-order valence-corrected chi connectivity index (χ2v) is 6.78. The standard InChI is InChI=1S/C22H18O/c23-20-7-2-1-6-18(20)17-12-10-16-9-8-14-4-3-5-15-11-13-19(17)22(16)21(14)15/h3-5,8-13,18H,1-2,6-7H2. The molecular weight excluding hydrogens is 280 g/mol. The molecule has 1 aliphatic carbocycles. The first-order chi connectivity index (χ1) is 11.3. The van der Waals surface area contributed by atoms with Crippen molar-refractivity contribution in [2.75, 3.05) is 0 Å². The molecule has 0 bridgehead atoms. The fourth-order valence-electron chi connectivity index (χ4n) is 4.37. The minimum absolute atomic E-state index is 0.0910. The van der Waals surface area contributed by atoms with Crippen LogP contribution in [0.2, 0.25) is 0 Å². The summed E-state index contributed by atoms with van der Waals surface area (Å²) in [4.78, 5) is 12.5. The van der Waals surface area contributed by atoms with Gasteiger partial charge in [-0.25, -0.2) is 0 Å². The summed E-state index contributed by atoms with van der Waals surface area (Å²) < 4.78 is 0. The van der Waals surface area contributed by atoms with Crippen molar-refractivity contribution in [3.63, 3.8) is 0 Å². The van der Waals surface area contributed by atoms with Crippen LogP contribution in [-0.2, 0) is 4.79 Å². The monoisotopic (exact) mass is 298 g/mol. The minimum Gasteiger partial charge on any atom is -0.299 e. The number of Topliss-reactive ketones (excluding diaryl/α,β-unsaturated/α-hetero) is 1. The van der Waals surface area contributed by atoms with E-state index in [1.165, 1.54) is 44.3 Å². The normalized spacial score (nSPS) is 19.1. The first kappa shape index (κ1) is 13.1. The first-order valence-corrected chi connectivity index (χ1v) is 8.52. The Labute approximate surface area is 135 Å². The number of carbonyl (C=O) groups is 1. The van der Waals surface area contributed by atoms with Crippen LogP contribution in [0.1, 0.15) is 37.2 Å². The van der Waals surface area contributed by atoms with Gasteiger partial charge >= 0.3 is 0 Å². The lowest BCUT2D eigenvalue weighted by Gasteiger charge is -2.23. The molecule has 4 aromatic carbocycles. The van der Waals surface area contributed by atoms with E-state index >= 15 is 0 Å². The molecule has 0 aliphatic heterocycles. The quantitative estimate of drug-likeness (QED) is 0.405. The van der Waals surface area contributed by atoms with Gasteiger partial charge in [0.05, 0.1) is 0 Å². The van der Waals surface area contributed by atoms with Crippen LogP contribution in [0.5, 0.6) is 0 Å². The maximum absolute atomic E-state index is 12.5. The van der Waals surface area contributed by atoms with E-state index in [0.717, 1.165) is 19.3 Å². The Hall–Kier alpha value is -2.41. The van der Waals surface area contributed by atoms with Gasteiger partial charge in [0.1, 0.15) is 5.78 Å². The summed E-state index contributed by atoms with van der Waals surface area (Å²) in [7, 11) is 0. The maximum Gasteiger partial charge on any atom is 0.140 e. The fourth-order valence-corrected chi connectivity index (χ4v) is 4.37. The largest absolute Gasteiger partial charge is 0.299 e. The highest BCUT2D eigenvalue weighted by molar-refractivity contribution is 6.23. The van der Waals surface area contributed by atoms with Crippen LogP contribution in [0.4, 0.5) is 0 Å². The van der Waals surface area contributed by atoms with Gasteiger partial charge in [-0.3, -0.25) is 4.79 Å². The highest BCUT2D eigenvalue weighted by Gasteiger charge is 2.25.